The predicted octanol–water partition coefficient (Wildman–Crippen LogP) is 3.06. The van der Waals surface area contributed by atoms with E-state index in [2.05, 4.69) is 27.7 Å². The highest BCUT2D eigenvalue weighted by Gasteiger charge is 2.37. The van der Waals surface area contributed by atoms with Crippen LogP contribution in [0.3, 0.4) is 0 Å². The van der Waals surface area contributed by atoms with Gasteiger partial charge in [0.2, 0.25) is 0 Å². The van der Waals surface area contributed by atoms with Gasteiger partial charge in [-0.3, -0.25) is 0 Å². The maximum atomic E-state index is 13.2. The van der Waals surface area contributed by atoms with Crippen LogP contribution in [0.4, 0.5) is 4.39 Å². The van der Waals surface area contributed by atoms with Crippen LogP contribution in [0.5, 0.6) is 0 Å². The summed E-state index contributed by atoms with van der Waals surface area (Å²) >= 11 is -2.77. The minimum Gasteiger partial charge on any atom is -0.207 e. The van der Waals surface area contributed by atoms with E-state index >= 15 is 0 Å². The van der Waals surface area contributed by atoms with E-state index in [0.717, 1.165) is 19.3 Å². The first kappa shape index (κ1) is 22.9. The van der Waals surface area contributed by atoms with Gasteiger partial charge in [-0.05, 0) is 74.0 Å². The molecular formula is C24H26FIO3S+. The van der Waals surface area contributed by atoms with Crippen molar-refractivity contribution >= 4 is 10.1 Å². The molecule has 0 saturated carbocycles. The van der Waals surface area contributed by atoms with E-state index in [0.29, 0.717) is 11.8 Å². The molecule has 0 heterocycles. The Morgan fingerprint density at radius 2 is 1.10 bits per heavy atom. The van der Waals surface area contributed by atoms with Crippen LogP contribution in [0.2, 0.25) is 0 Å². The normalized spacial score (nSPS) is 12.1. The highest BCUT2D eigenvalue weighted by atomic mass is 127. The topological polar surface area (TPSA) is 43.4 Å². The van der Waals surface area contributed by atoms with Gasteiger partial charge >= 0.3 is 30.4 Å². The Morgan fingerprint density at radius 1 is 0.700 bits per heavy atom. The molecule has 30 heavy (non-hydrogen) atoms. The first-order valence-electron chi connectivity index (χ1n) is 9.78. The van der Waals surface area contributed by atoms with Crippen LogP contribution in [-0.2, 0) is 12.6 Å². The summed E-state index contributed by atoms with van der Waals surface area (Å²) in [6.45, 7) is 8.47. The SMILES string of the molecule is CC(C)c1ccc([I+](OS(=O)(=O)c2ccc(F)cc2)c2ccc(C(C)C)cc2)cc1. The average molecular weight is 540 g/mol. The van der Waals surface area contributed by atoms with Gasteiger partial charge in [-0.25, -0.2) is 4.39 Å². The lowest BCUT2D eigenvalue weighted by molar-refractivity contribution is -1.03. The van der Waals surface area contributed by atoms with Gasteiger partial charge in [-0.1, -0.05) is 52.0 Å². The number of hydrogen-bond donors (Lipinski definition) is 0. The van der Waals surface area contributed by atoms with Gasteiger partial charge in [0, 0.05) is 0 Å². The Balaban J connectivity index is 2.01. The van der Waals surface area contributed by atoms with Crippen molar-refractivity contribution in [3.8, 4) is 0 Å². The fraction of sp³-hybridized carbons (Fsp3) is 0.250. The quantitative estimate of drug-likeness (QED) is 0.433. The monoisotopic (exact) mass is 540 g/mol. The second-order valence-electron chi connectivity index (χ2n) is 7.63. The molecule has 1 radical (unpaired) electrons. The third-order valence-electron chi connectivity index (χ3n) is 4.72. The minimum atomic E-state index is -4.02. The Morgan fingerprint density at radius 3 is 1.47 bits per heavy atom. The summed E-state index contributed by atoms with van der Waals surface area (Å²) in [5.74, 6) is 0.281. The molecule has 3 aromatic rings. The standard InChI is InChI=1S/C24H26FIO3S/c1-17(2)19-5-11-22(12-6-19)26(23-13-7-20(8-14-23)18(3)4)29-30(27,28)24-15-9-21(25)10-16-24/h5-18H,1-4H3/q+1. The Hall–Kier alpha value is -1.77. The van der Waals surface area contributed by atoms with E-state index in [9.17, 15) is 12.8 Å². The van der Waals surface area contributed by atoms with Crippen LogP contribution in [0.1, 0.15) is 50.7 Å². The van der Waals surface area contributed by atoms with Gasteiger partial charge in [0.15, 0.2) is 7.14 Å². The molecule has 0 saturated heterocycles. The van der Waals surface area contributed by atoms with Gasteiger partial charge in [0.05, 0.1) is 4.90 Å². The van der Waals surface area contributed by atoms with Gasteiger partial charge in [0.25, 0.3) is 0 Å². The average Bonchev–Trinajstić information content (AvgIpc) is 2.72. The van der Waals surface area contributed by atoms with Crippen LogP contribution in [0.15, 0.2) is 77.7 Å². The Labute approximate surface area is 186 Å². The smallest absolute Gasteiger partial charge is 0.207 e. The maximum absolute atomic E-state index is 13.2. The molecule has 0 aliphatic carbocycles. The van der Waals surface area contributed by atoms with Crippen molar-refractivity contribution in [3.05, 3.63) is 96.9 Å². The van der Waals surface area contributed by atoms with Crippen molar-refractivity contribution in [3.63, 3.8) is 0 Å². The zero-order chi connectivity index (χ0) is 21.9. The van der Waals surface area contributed by atoms with Crippen LogP contribution in [0, 0.1) is 13.0 Å². The second-order valence-corrected chi connectivity index (χ2v) is 14.1. The molecule has 0 fully saturated rings. The number of rotatable bonds is 7. The molecule has 0 aliphatic heterocycles. The summed E-state index contributed by atoms with van der Waals surface area (Å²) in [6.07, 6.45) is 0. The first-order valence-corrected chi connectivity index (χ1v) is 14.2. The van der Waals surface area contributed by atoms with E-state index in [1.54, 1.807) is 0 Å². The summed E-state index contributed by atoms with van der Waals surface area (Å²) in [6, 6.07) is 20.7. The molecule has 159 valence electrons. The van der Waals surface area contributed by atoms with Gasteiger partial charge in [-0.2, -0.15) is 8.42 Å². The number of halogens is 2. The summed E-state index contributed by atoms with van der Waals surface area (Å²) in [5, 5.41) is 0. The molecule has 0 amide bonds. The first-order chi connectivity index (χ1) is 14.2. The molecule has 0 aliphatic rings. The molecule has 3 aromatic carbocycles. The Bertz CT molecular complexity index is 1020. The molecule has 0 bridgehead atoms. The lowest BCUT2D eigenvalue weighted by atomic mass is 10.0. The zero-order valence-electron chi connectivity index (χ0n) is 17.5. The minimum absolute atomic E-state index is 0.0381. The van der Waals surface area contributed by atoms with Crippen molar-refractivity contribution in [1.82, 2.24) is 0 Å². The molecule has 0 N–H and O–H groups in total. The highest BCUT2D eigenvalue weighted by Crippen LogP contribution is 2.14. The van der Waals surface area contributed by atoms with Gasteiger partial charge in [-0.15, -0.1) is 0 Å². The van der Waals surface area contributed by atoms with Crippen LogP contribution in [0.25, 0.3) is 0 Å². The fourth-order valence-corrected chi connectivity index (χ4v) is 9.73. The number of hydrogen-bond acceptors (Lipinski definition) is 3. The summed E-state index contributed by atoms with van der Waals surface area (Å²) in [4.78, 5) is -0.0381. The molecule has 0 aromatic heterocycles. The molecular weight excluding hydrogens is 514 g/mol. The van der Waals surface area contributed by atoms with Crippen LogP contribution >= 0.6 is 0 Å². The van der Waals surface area contributed by atoms with Crippen molar-refractivity contribution in [1.29, 1.82) is 0 Å². The van der Waals surface area contributed by atoms with Crippen molar-refractivity contribution in [2.45, 2.75) is 44.4 Å². The van der Waals surface area contributed by atoms with E-state index in [1.807, 2.05) is 48.5 Å². The molecule has 3 rings (SSSR count). The van der Waals surface area contributed by atoms with Crippen molar-refractivity contribution in [2.75, 3.05) is 0 Å². The van der Waals surface area contributed by atoms with Gasteiger partial charge in [0.1, 0.15) is 5.82 Å². The Kier molecular flexibility index (Phi) is 7.31. The highest BCUT2D eigenvalue weighted by molar-refractivity contribution is 7.86. The second kappa shape index (κ2) is 9.58. The van der Waals surface area contributed by atoms with E-state index in [1.165, 1.54) is 23.3 Å². The fourth-order valence-electron chi connectivity index (χ4n) is 2.84. The molecule has 6 heteroatoms. The molecule has 3 nitrogen and oxygen atoms in total. The van der Waals surface area contributed by atoms with E-state index < -0.39 is 36.2 Å². The molecule has 0 spiro atoms. The van der Waals surface area contributed by atoms with E-state index in [4.69, 9.17) is 2.51 Å². The maximum Gasteiger partial charge on any atom is 0.336 e. The van der Waals surface area contributed by atoms with Crippen molar-refractivity contribution < 1.29 is 35.6 Å². The lowest BCUT2D eigenvalue weighted by Crippen LogP contribution is -3.85. The lowest BCUT2D eigenvalue weighted by Gasteiger charge is -2.09. The third-order valence-corrected chi connectivity index (χ3v) is 12.1. The zero-order valence-corrected chi connectivity index (χ0v) is 20.4. The summed E-state index contributed by atoms with van der Waals surface area (Å²) in [5.41, 5.74) is 2.37. The largest absolute Gasteiger partial charge is 0.336 e. The number of benzene rings is 3. The molecule has 0 unspecified atom stereocenters. The van der Waals surface area contributed by atoms with Crippen LogP contribution < -0.4 is 20.2 Å². The summed E-state index contributed by atoms with van der Waals surface area (Å²) < 4.78 is 46.8. The third kappa shape index (κ3) is 5.47. The van der Waals surface area contributed by atoms with E-state index in [-0.39, 0.29) is 4.90 Å². The van der Waals surface area contributed by atoms with Crippen molar-refractivity contribution in [2.24, 2.45) is 0 Å². The van der Waals surface area contributed by atoms with Crippen LogP contribution in [-0.4, -0.2) is 8.42 Å². The molecule has 0 atom stereocenters. The predicted molar refractivity (Wildman–Crippen MR) is 113 cm³/mol. The summed E-state index contributed by atoms with van der Waals surface area (Å²) in [7, 11) is -4.02. The van der Waals surface area contributed by atoms with Gasteiger partial charge < -0.3 is 0 Å².